The summed E-state index contributed by atoms with van der Waals surface area (Å²) in [7, 11) is 0. The Morgan fingerprint density at radius 3 is 2.65 bits per heavy atom. The third-order valence-electron chi connectivity index (χ3n) is 5.80. The summed E-state index contributed by atoms with van der Waals surface area (Å²) >= 11 is 1.29. The number of alkyl halides is 3. The molecule has 1 atom stereocenters. The molecule has 11 heteroatoms. The molecular weight excluding hydrogens is 505 g/mol. The van der Waals surface area contributed by atoms with Gasteiger partial charge < -0.3 is 14.6 Å². The highest BCUT2D eigenvalue weighted by molar-refractivity contribution is 7.09. The van der Waals surface area contributed by atoms with E-state index in [2.05, 4.69) is 15.3 Å². The van der Waals surface area contributed by atoms with E-state index in [0.717, 1.165) is 23.1 Å². The molecule has 0 unspecified atom stereocenters. The molecule has 196 valence electrons. The average Bonchev–Trinajstić information content (AvgIpc) is 3.43. The van der Waals surface area contributed by atoms with Crippen molar-refractivity contribution in [3.63, 3.8) is 0 Å². The fourth-order valence-electron chi connectivity index (χ4n) is 3.78. The summed E-state index contributed by atoms with van der Waals surface area (Å²) in [6.07, 6.45) is -0.113. The third kappa shape index (κ3) is 6.65. The molecular formula is C26H27F3N4O3S. The Bertz CT molecular complexity index is 1360. The van der Waals surface area contributed by atoms with Crippen molar-refractivity contribution in [3.05, 3.63) is 75.3 Å². The Morgan fingerprint density at radius 1 is 1.24 bits per heavy atom. The largest absolute Gasteiger partial charge is 0.486 e. The van der Waals surface area contributed by atoms with Gasteiger partial charge in [0.2, 0.25) is 5.91 Å². The van der Waals surface area contributed by atoms with Crippen LogP contribution in [0, 0.1) is 0 Å². The Balaban J connectivity index is 1.72. The number of thiazole rings is 1. The molecule has 1 saturated heterocycles. The number of nitrogens with zero attached hydrogens (tertiary/aromatic N) is 3. The number of aromatic nitrogens is 2. The number of ether oxygens (including phenoxy) is 1. The zero-order valence-corrected chi connectivity index (χ0v) is 21.4. The minimum absolute atomic E-state index is 0.0189. The van der Waals surface area contributed by atoms with Crippen LogP contribution in [0.2, 0.25) is 0 Å². The van der Waals surface area contributed by atoms with Gasteiger partial charge in [-0.3, -0.25) is 14.6 Å². The van der Waals surface area contributed by atoms with Crippen molar-refractivity contribution in [2.45, 2.75) is 64.4 Å². The summed E-state index contributed by atoms with van der Waals surface area (Å²) in [4.78, 5) is 34.6. The number of nitrogens with one attached hydrogen (secondary N) is 1. The number of benzene rings is 1. The van der Waals surface area contributed by atoms with Gasteiger partial charge in [0.1, 0.15) is 12.4 Å². The molecule has 3 aromatic rings. The van der Waals surface area contributed by atoms with Gasteiger partial charge in [-0.05, 0) is 42.2 Å². The molecule has 7 nitrogen and oxygen atoms in total. The molecule has 2 aromatic heterocycles. The molecule has 1 aliphatic heterocycles. The molecule has 0 spiro atoms. The SMILES string of the molecule is CC(C)(C)c1cn(C[C@@H]2CCC(=O)N2)/c(=N/C(=O)c2cc(C(F)(F)F)ccc2OCc2ccccn2)s1. The standard InChI is InChI=1S/C26H27F3N4O3S/c1-25(2,3)21-14-33(13-17-8-10-22(34)31-17)24(37-21)32-23(35)19-12-16(26(27,28)29)7-9-20(19)36-15-18-6-4-5-11-30-18/h4-7,9,11-12,14,17H,8,10,13,15H2,1-3H3,(H,31,34)/b32-24-/t17-/m0/s1. The van der Waals surface area contributed by atoms with E-state index >= 15 is 0 Å². The quantitative estimate of drug-likeness (QED) is 0.492. The van der Waals surface area contributed by atoms with E-state index in [1.807, 2.05) is 27.0 Å². The fourth-order valence-corrected chi connectivity index (χ4v) is 4.83. The third-order valence-corrected chi connectivity index (χ3v) is 7.24. The average molecular weight is 533 g/mol. The second-order valence-corrected chi connectivity index (χ2v) is 10.8. The first-order valence-electron chi connectivity index (χ1n) is 11.7. The molecule has 0 saturated carbocycles. The minimum Gasteiger partial charge on any atom is -0.486 e. The van der Waals surface area contributed by atoms with Gasteiger partial charge in [-0.25, -0.2) is 0 Å². The van der Waals surface area contributed by atoms with Gasteiger partial charge in [-0.15, -0.1) is 11.3 Å². The number of carbonyl (C=O) groups excluding carboxylic acids is 2. The van der Waals surface area contributed by atoms with Gasteiger partial charge in [0, 0.05) is 36.3 Å². The van der Waals surface area contributed by atoms with Crippen LogP contribution in [-0.2, 0) is 29.5 Å². The van der Waals surface area contributed by atoms with E-state index < -0.39 is 17.6 Å². The van der Waals surface area contributed by atoms with Crippen LogP contribution in [0.25, 0.3) is 0 Å². The first-order valence-corrected chi connectivity index (χ1v) is 12.5. The van der Waals surface area contributed by atoms with Crippen molar-refractivity contribution >= 4 is 23.2 Å². The van der Waals surface area contributed by atoms with Crippen molar-refractivity contribution in [2.75, 3.05) is 0 Å². The molecule has 0 radical (unpaired) electrons. The Labute approximate surface area is 216 Å². The summed E-state index contributed by atoms with van der Waals surface area (Å²) in [6, 6.07) is 7.85. The zero-order chi connectivity index (χ0) is 26.8. The number of halogens is 3. The van der Waals surface area contributed by atoms with Crippen LogP contribution in [0.1, 0.15) is 60.1 Å². The number of amides is 2. The van der Waals surface area contributed by atoms with Gasteiger partial charge in [-0.1, -0.05) is 26.8 Å². The van der Waals surface area contributed by atoms with Crippen LogP contribution in [0.5, 0.6) is 5.75 Å². The van der Waals surface area contributed by atoms with Crippen LogP contribution >= 0.6 is 11.3 Å². The molecule has 3 heterocycles. The fraction of sp³-hybridized carbons (Fsp3) is 0.385. The zero-order valence-electron chi connectivity index (χ0n) is 20.6. The van der Waals surface area contributed by atoms with Gasteiger partial charge in [-0.2, -0.15) is 18.2 Å². The molecule has 1 fully saturated rings. The maximum Gasteiger partial charge on any atom is 0.416 e. The monoisotopic (exact) mass is 532 g/mol. The highest BCUT2D eigenvalue weighted by Crippen LogP contribution is 2.33. The Hall–Kier alpha value is -3.47. The van der Waals surface area contributed by atoms with Gasteiger partial charge >= 0.3 is 6.18 Å². The van der Waals surface area contributed by atoms with E-state index in [-0.39, 0.29) is 35.3 Å². The summed E-state index contributed by atoms with van der Waals surface area (Å²) in [5.74, 6) is -0.909. The number of rotatable bonds is 6. The molecule has 1 aromatic carbocycles. The van der Waals surface area contributed by atoms with Crippen molar-refractivity contribution in [1.29, 1.82) is 0 Å². The first kappa shape index (κ1) is 26.6. The van der Waals surface area contributed by atoms with Gasteiger partial charge in [0.15, 0.2) is 4.80 Å². The second kappa shape index (κ2) is 10.5. The van der Waals surface area contributed by atoms with Crippen molar-refractivity contribution in [1.82, 2.24) is 14.9 Å². The Morgan fingerprint density at radius 2 is 2.03 bits per heavy atom. The predicted molar refractivity (Wildman–Crippen MR) is 132 cm³/mol. The lowest BCUT2D eigenvalue weighted by Crippen LogP contribution is -2.32. The summed E-state index contributed by atoms with van der Waals surface area (Å²) in [6.45, 7) is 6.42. The lowest BCUT2D eigenvalue weighted by Gasteiger charge is -2.15. The normalized spacial score (nSPS) is 16.6. The van der Waals surface area contributed by atoms with Crippen LogP contribution in [-0.4, -0.2) is 27.4 Å². The molecule has 0 bridgehead atoms. The molecule has 2 amide bonds. The maximum absolute atomic E-state index is 13.5. The summed E-state index contributed by atoms with van der Waals surface area (Å²) in [5.41, 5.74) is -0.950. The summed E-state index contributed by atoms with van der Waals surface area (Å²) in [5, 5.41) is 2.90. The summed E-state index contributed by atoms with van der Waals surface area (Å²) < 4.78 is 47.9. The number of pyridine rings is 1. The van der Waals surface area contributed by atoms with E-state index in [1.165, 1.54) is 11.3 Å². The first-order chi connectivity index (χ1) is 17.4. The van der Waals surface area contributed by atoms with Crippen LogP contribution in [0.15, 0.2) is 53.8 Å². The van der Waals surface area contributed by atoms with E-state index in [1.54, 1.807) is 29.0 Å². The topological polar surface area (TPSA) is 85.6 Å². The van der Waals surface area contributed by atoms with Crippen LogP contribution < -0.4 is 14.9 Å². The van der Waals surface area contributed by atoms with E-state index in [0.29, 0.717) is 29.9 Å². The number of hydrogen-bond acceptors (Lipinski definition) is 5. The molecule has 0 aliphatic carbocycles. The maximum atomic E-state index is 13.5. The highest BCUT2D eigenvalue weighted by atomic mass is 32.1. The second-order valence-electron chi connectivity index (χ2n) is 9.82. The van der Waals surface area contributed by atoms with E-state index in [9.17, 15) is 22.8 Å². The number of hydrogen-bond donors (Lipinski definition) is 1. The molecule has 1 N–H and O–H groups in total. The van der Waals surface area contributed by atoms with Crippen molar-refractivity contribution < 1.29 is 27.5 Å². The Kier molecular flexibility index (Phi) is 7.54. The minimum atomic E-state index is -4.64. The van der Waals surface area contributed by atoms with Gasteiger partial charge in [0.05, 0.1) is 16.8 Å². The molecule has 37 heavy (non-hydrogen) atoms. The van der Waals surface area contributed by atoms with Crippen molar-refractivity contribution in [2.24, 2.45) is 4.99 Å². The predicted octanol–water partition coefficient (Wildman–Crippen LogP) is 4.86. The lowest BCUT2D eigenvalue weighted by molar-refractivity contribution is -0.137. The van der Waals surface area contributed by atoms with Crippen molar-refractivity contribution in [3.8, 4) is 5.75 Å². The lowest BCUT2D eigenvalue weighted by atomic mass is 9.95. The van der Waals surface area contributed by atoms with Crippen LogP contribution in [0.4, 0.5) is 13.2 Å². The van der Waals surface area contributed by atoms with E-state index in [4.69, 9.17) is 4.74 Å². The van der Waals surface area contributed by atoms with Crippen LogP contribution in [0.3, 0.4) is 0 Å². The smallest absolute Gasteiger partial charge is 0.416 e. The molecule has 4 rings (SSSR count). The molecule has 1 aliphatic rings. The number of carbonyl (C=O) groups is 2. The van der Waals surface area contributed by atoms with Gasteiger partial charge in [0.25, 0.3) is 5.91 Å². The highest BCUT2D eigenvalue weighted by Gasteiger charge is 2.32.